The largest absolute Gasteiger partial charge is 0.334 e. The summed E-state index contributed by atoms with van der Waals surface area (Å²) in [6.07, 6.45) is 2.25. The van der Waals surface area contributed by atoms with Crippen molar-refractivity contribution in [2.45, 2.75) is 40.5 Å². The molecule has 0 saturated carbocycles. The molecule has 0 rings (SSSR count). The maximum Gasteiger partial charge on any atom is 0.167 e. The Labute approximate surface area is 90.3 Å². The zero-order valence-corrected chi connectivity index (χ0v) is 11.1. The molecule has 0 aromatic rings. The third kappa shape index (κ3) is 10.4. The van der Waals surface area contributed by atoms with E-state index in [0.717, 1.165) is 26.1 Å². The van der Waals surface area contributed by atoms with Gasteiger partial charge in [-0.05, 0) is 24.7 Å². The van der Waals surface area contributed by atoms with Crippen LogP contribution in [0.3, 0.4) is 0 Å². The molecular weight excluding hydrogens is 195 g/mol. The van der Waals surface area contributed by atoms with Gasteiger partial charge in [-0.15, -0.1) is 0 Å². The van der Waals surface area contributed by atoms with Gasteiger partial charge in [-0.2, -0.15) is 0 Å². The van der Waals surface area contributed by atoms with Crippen LogP contribution in [0, 0.1) is 11.8 Å². The average molecular weight is 220 g/mol. The first-order chi connectivity index (χ1) is 6.52. The lowest BCUT2D eigenvalue weighted by Crippen LogP contribution is -1.99. The second kappa shape index (κ2) is 8.64. The lowest BCUT2D eigenvalue weighted by atomic mass is 10.2. The highest BCUT2D eigenvalue weighted by molar-refractivity contribution is 7.46. The highest BCUT2D eigenvalue weighted by Gasteiger charge is 2.04. The smallest absolute Gasteiger partial charge is 0.167 e. The Balaban J connectivity index is 3.23. The van der Waals surface area contributed by atoms with Gasteiger partial charge in [0.2, 0.25) is 0 Å². The van der Waals surface area contributed by atoms with Crippen molar-refractivity contribution in [3.8, 4) is 0 Å². The molecule has 0 radical (unpaired) electrons. The predicted octanol–water partition coefficient (Wildman–Crippen LogP) is 4.05. The van der Waals surface area contributed by atoms with Crippen LogP contribution in [0.4, 0.5) is 0 Å². The van der Waals surface area contributed by atoms with E-state index in [1.165, 1.54) is 0 Å². The highest BCUT2D eigenvalue weighted by Crippen LogP contribution is 2.34. The molecule has 0 saturated heterocycles. The molecule has 0 atom stereocenters. The molecule has 86 valence electrons. The SMILES string of the molecule is CC(C)CCOP(C)OCCC(C)C. The minimum Gasteiger partial charge on any atom is -0.334 e. The van der Waals surface area contributed by atoms with Gasteiger partial charge in [-0.3, -0.25) is 0 Å². The van der Waals surface area contributed by atoms with E-state index in [-0.39, 0.29) is 0 Å². The summed E-state index contributed by atoms with van der Waals surface area (Å²) in [6.45, 7) is 12.5. The molecule has 0 aromatic heterocycles. The molecule has 0 fully saturated rings. The van der Waals surface area contributed by atoms with E-state index in [9.17, 15) is 0 Å². The fourth-order valence-electron chi connectivity index (χ4n) is 0.871. The highest BCUT2D eigenvalue weighted by atomic mass is 31.2. The summed E-state index contributed by atoms with van der Waals surface area (Å²) in [6, 6.07) is 0. The molecule has 0 aliphatic rings. The minimum absolute atomic E-state index is 0.642. The topological polar surface area (TPSA) is 18.5 Å². The van der Waals surface area contributed by atoms with Gasteiger partial charge in [0.25, 0.3) is 0 Å². The summed E-state index contributed by atoms with van der Waals surface area (Å²) < 4.78 is 11.2. The van der Waals surface area contributed by atoms with Crippen molar-refractivity contribution in [2.75, 3.05) is 19.9 Å². The van der Waals surface area contributed by atoms with Crippen LogP contribution in [0.2, 0.25) is 0 Å². The van der Waals surface area contributed by atoms with Crippen molar-refractivity contribution in [1.29, 1.82) is 0 Å². The van der Waals surface area contributed by atoms with Gasteiger partial charge in [-0.1, -0.05) is 27.7 Å². The zero-order valence-electron chi connectivity index (χ0n) is 10.2. The molecule has 0 amide bonds. The summed E-state index contributed by atoms with van der Waals surface area (Å²) in [4.78, 5) is 0. The minimum atomic E-state index is -0.642. The average Bonchev–Trinajstić information content (AvgIpc) is 2.02. The standard InChI is InChI=1S/C11H25O2P/c1-10(2)6-8-12-14(5)13-9-7-11(3)4/h10-11H,6-9H2,1-5H3. The van der Waals surface area contributed by atoms with Crippen LogP contribution in [-0.2, 0) is 9.05 Å². The molecule has 0 aliphatic heterocycles. The Morgan fingerprint density at radius 2 is 1.21 bits per heavy atom. The molecule has 0 unspecified atom stereocenters. The first kappa shape index (κ1) is 14.3. The van der Waals surface area contributed by atoms with Crippen molar-refractivity contribution in [3.05, 3.63) is 0 Å². The van der Waals surface area contributed by atoms with Crippen LogP contribution in [0.15, 0.2) is 0 Å². The van der Waals surface area contributed by atoms with Crippen LogP contribution in [0.1, 0.15) is 40.5 Å². The lowest BCUT2D eigenvalue weighted by molar-refractivity contribution is 0.232. The molecule has 0 N–H and O–H groups in total. The van der Waals surface area contributed by atoms with Crippen molar-refractivity contribution < 1.29 is 9.05 Å². The van der Waals surface area contributed by atoms with Crippen LogP contribution in [0.5, 0.6) is 0 Å². The zero-order chi connectivity index (χ0) is 11.0. The first-order valence-corrected chi connectivity index (χ1v) is 7.14. The fourth-order valence-corrected chi connectivity index (χ4v) is 1.67. The van der Waals surface area contributed by atoms with Crippen molar-refractivity contribution in [3.63, 3.8) is 0 Å². The van der Waals surface area contributed by atoms with E-state index in [1.54, 1.807) is 0 Å². The molecule has 0 bridgehead atoms. The number of hydrogen-bond donors (Lipinski definition) is 0. The van der Waals surface area contributed by atoms with Gasteiger partial charge in [0.15, 0.2) is 8.38 Å². The van der Waals surface area contributed by atoms with Crippen LogP contribution >= 0.6 is 8.38 Å². The maximum absolute atomic E-state index is 5.58. The van der Waals surface area contributed by atoms with E-state index >= 15 is 0 Å². The molecule has 2 nitrogen and oxygen atoms in total. The van der Waals surface area contributed by atoms with Crippen LogP contribution < -0.4 is 0 Å². The molecule has 0 spiro atoms. The van der Waals surface area contributed by atoms with Gasteiger partial charge >= 0.3 is 0 Å². The van der Waals surface area contributed by atoms with E-state index < -0.39 is 8.38 Å². The van der Waals surface area contributed by atoms with E-state index in [1.807, 2.05) is 6.66 Å². The Kier molecular flexibility index (Phi) is 8.86. The van der Waals surface area contributed by atoms with Crippen LogP contribution in [0.25, 0.3) is 0 Å². The van der Waals surface area contributed by atoms with Crippen molar-refractivity contribution in [1.82, 2.24) is 0 Å². The Bertz CT molecular complexity index is 112. The molecule has 14 heavy (non-hydrogen) atoms. The van der Waals surface area contributed by atoms with E-state index in [2.05, 4.69) is 27.7 Å². The summed E-state index contributed by atoms with van der Waals surface area (Å²) in [7, 11) is -0.642. The summed E-state index contributed by atoms with van der Waals surface area (Å²) in [5.74, 6) is 1.43. The summed E-state index contributed by atoms with van der Waals surface area (Å²) in [5, 5.41) is 0. The molecule has 0 aliphatic carbocycles. The maximum atomic E-state index is 5.58. The van der Waals surface area contributed by atoms with Crippen molar-refractivity contribution >= 4 is 8.38 Å². The molecule has 0 heterocycles. The van der Waals surface area contributed by atoms with Gasteiger partial charge < -0.3 is 9.05 Å². The molecule has 0 aromatic carbocycles. The molecular formula is C11H25O2P. The number of hydrogen-bond acceptors (Lipinski definition) is 2. The first-order valence-electron chi connectivity index (χ1n) is 5.52. The van der Waals surface area contributed by atoms with Crippen molar-refractivity contribution in [2.24, 2.45) is 11.8 Å². The lowest BCUT2D eigenvalue weighted by Gasteiger charge is -2.14. The van der Waals surface area contributed by atoms with Crippen LogP contribution in [-0.4, -0.2) is 19.9 Å². The fraction of sp³-hybridized carbons (Fsp3) is 1.00. The number of rotatable bonds is 8. The predicted molar refractivity (Wildman–Crippen MR) is 63.7 cm³/mol. The third-order valence-corrected chi connectivity index (χ3v) is 3.03. The Morgan fingerprint density at radius 1 is 0.857 bits per heavy atom. The second-order valence-electron chi connectivity index (χ2n) is 4.47. The van der Waals surface area contributed by atoms with Gasteiger partial charge in [-0.25, -0.2) is 0 Å². The quantitative estimate of drug-likeness (QED) is 0.574. The molecule has 3 heteroatoms. The summed E-state index contributed by atoms with van der Waals surface area (Å²) in [5.41, 5.74) is 0. The van der Waals surface area contributed by atoms with Gasteiger partial charge in [0, 0.05) is 6.66 Å². The normalized spacial score (nSPS) is 12.0. The van der Waals surface area contributed by atoms with Gasteiger partial charge in [0.1, 0.15) is 0 Å². The van der Waals surface area contributed by atoms with E-state index in [4.69, 9.17) is 9.05 Å². The third-order valence-electron chi connectivity index (χ3n) is 1.94. The summed E-state index contributed by atoms with van der Waals surface area (Å²) >= 11 is 0. The van der Waals surface area contributed by atoms with E-state index in [0.29, 0.717) is 11.8 Å². The van der Waals surface area contributed by atoms with Gasteiger partial charge in [0.05, 0.1) is 13.2 Å². The Hall–Kier alpha value is 0.350. The second-order valence-corrected chi connectivity index (χ2v) is 5.87. The Morgan fingerprint density at radius 3 is 1.50 bits per heavy atom. The monoisotopic (exact) mass is 220 g/mol.